The Morgan fingerprint density at radius 1 is 1.59 bits per heavy atom. The lowest BCUT2D eigenvalue weighted by atomic mass is 10.2. The number of carbonyl (C=O) groups excluding carboxylic acids is 1. The third-order valence-corrected chi connectivity index (χ3v) is 3.97. The minimum absolute atomic E-state index is 0.151. The fraction of sp³-hybridized carbons (Fsp3) is 0.500. The third kappa shape index (κ3) is 2.86. The molecule has 7 heteroatoms. The molecular formula is C10H14N2O4S. The molecule has 1 fully saturated rings. The van der Waals surface area contributed by atoms with Gasteiger partial charge in [0.05, 0.1) is 12.5 Å². The van der Waals surface area contributed by atoms with Gasteiger partial charge in [0.2, 0.25) is 10.0 Å². The Morgan fingerprint density at radius 3 is 2.88 bits per heavy atom. The molecule has 94 valence electrons. The Labute approximate surface area is 99.6 Å². The van der Waals surface area contributed by atoms with E-state index < -0.39 is 10.0 Å². The summed E-state index contributed by atoms with van der Waals surface area (Å²) in [6.07, 6.45) is 3.22. The fourth-order valence-corrected chi connectivity index (χ4v) is 2.70. The molecule has 1 N–H and O–H groups in total. The van der Waals surface area contributed by atoms with Crippen LogP contribution in [-0.4, -0.2) is 44.0 Å². The second-order valence-corrected chi connectivity index (χ2v) is 6.04. The number of rotatable bonds is 3. The van der Waals surface area contributed by atoms with Crippen LogP contribution in [0.25, 0.3) is 0 Å². The van der Waals surface area contributed by atoms with E-state index in [9.17, 15) is 13.2 Å². The van der Waals surface area contributed by atoms with Crippen molar-refractivity contribution in [2.45, 2.75) is 12.5 Å². The summed E-state index contributed by atoms with van der Waals surface area (Å²) >= 11 is 0. The first-order valence-corrected chi connectivity index (χ1v) is 7.11. The molecule has 0 aromatic carbocycles. The second-order valence-electron chi connectivity index (χ2n) is 4.06. The molecule has 1 aromatic rings. The number of hydrogen-bond donors (Lipinski definition) is 1. The van der Waals surface area contributed by atoms with Crippen LogP contribution in [0.4, 0.5) is 0 Å². The van der Waals surface area contributed by atoms with Crippen molar-refractivity contribution in [3.8, 4) is 0 Å². The number of nitrogens with one attached hydrogen (secondary N) is 1. The van der Waals surface area contributed by atoms with Crippen molar-refractivity contribution in [2.24, 2.45) is 0 Å². The van der Waals surface area contributed by atoms with Crippen LogP contribution in [-0.2, 0) is 10.0 Å². The van der Waals surface area contributed by atoms with Crippen LogP contribution in [0.1, 0.15) is 17.0 Å². The molecule has 6 nitrogen and oxygen atoms in total. The topological polar surface area (TPSA) is 79.6 Å². The molecule has 2 heterocycles. The summed E-state index contributed by atoms with van der Waals surface area (Å²) in [7, 11) is -3.17. The minimum atomic E-state index is -3.17. The van der Waals surface area contributed by atoms with Gasteiger partial charge in [0.1, 0.15) is 0 Å². The van der Waals surface area contributed by atoms with Gasteiger partial charge in [-0.05, 0) is 18.6 Å². The molecule has 1 atom stereocenters. The monoisotopic (exact) mass is 258 g/mol. The van der Waals surface area contributed by atoms with Crippen molar-refractivity contribution in [1.29, 1.82) is 0 Å². The van der Waals surface area contributed by atoms with E-state index in [0.717, 1.165) is 0 Å². The molecule has 1 unspecified atom stereocenters. The van der Waals surface area contributed by atoms with Crippen LogP contribution in [0.5, 0.6) is 0 Å². The maximum absolute atomic E-state index is 11.6. The lowest BCUT2D eigenvalue weighted by molar-refractivity contribution is 0.0911. The number of amides is 1. The normalized spacial score (nSPS) is 21.6. The molecular weight excluding hydrogens is 244 g/mol. The summed E-state index contributed by atoms with van der Waals surface area (Å²) < 4.78 is 28.9. The van der Waals surface area contributed by atoms with Crippen molar-refractivity contribution in [3.05, 3.63) is 24.2 Å². The average molecular weight is 258 g/mol. The quantitative estimate of drug-likeness (QED) is 0.830. The largest absolute Gasteiger partial charge is 0.459 e. The highest BCUT2D eigenvalue weighted by Gasteiger charge is 2.29. The summed E-state index contributed by atoms with van der Waals surface area (Å²) in [6, 6.07) is 3.05. The lowest BCUT2D eigenvalue weighted by Crippen LogP contribution is -2.38. The molecule has 1 amide bonds. The van der Waals surface area contributed by atoms with E-state index in [-0.39, 0.29) is 17.7 Å². The molecule has 1 saturated heterocycles. The lowest BCUT2D eigenvalue weighted by Gasteiger charge is -2.13. The predicted molar refractivity (Wildman–Crippen MR) is 61.0 cm³/mol. The number of furan rings is 1. The van der Waals surface area contributed by atoms with Crippen molar-refractivity contribution in [2.75, 3.05) is 19.3 Å². The smallest absolute Gasteiger partial charge is 0.287 e. The van der Waals surface area contributed by atoms with Crippen LogP contribution >= 0.6 is 0 Å². The van der Waals surface area contributed by atoms with Gasteiger partial charge in [0.25, 0.3) is 5.91 Å². The first kappa shape index (κ1) is 12.1. The summed E-state index contributed by atoms with van der Waals surface area (Å²) in [4.78, 5) is 11.6. The van der Waals surface area contributed by atoms with E-state index in [1.807, 2.05) is 0 Å². The zero-order valence-electron chi connectivity index (χ0n) is 9.42. The number of nitrogens with zero attached hydrogens (tertiary/aromatic N) is 1. The molecule has 1 aliphatic heterocycles. The summed E-state index contributed by atoms with van der Waals surface area (Å²) in [5, 5.41) is 2.74. The van der Waals surface area contributed by atoms with E-state index >= 15 is 0 Å². The first-order chi connectivity index (χ1) is 7.97. The van der Waals surface area contributed by atoms with Crippen LogP contribution in [0, 0.1) is 0 Å². The molecule has 17 heavy (non-hydrogen) atoms. The Morgan fingerprint density at radius 2 is 2.35 bits per heavy atom. The van der Waals surface area contributed by atoms with Crippen LogP contribution in [0.3, 0.4) is 0 Å². The van der Waals surface area contributed by atoms with E-state index in [1.165, 1.54) is 16.8 Å². The van der Waals surface area contributed by atoms with Crippen LogP contribution in [0.15, 0.2) is 22.8 Å². The van der Waals surface area contributed by atoms with Gasteiger partial charge in [0.15, 0.2) is 5.76 Å². The van der Waals surface area contributed by atoms with Crippen molar-refractivity contribution in [3.63, 3.8) is 0 Å². The number of carbonyl (C=O) groups is 1. The van der Waals surface area contributed by atoms with Crippen LogP contribution in [0.2, 0.25) is 0 Å². The van der Waals surface area contributed by atoms with Gasteiger partial charge in [-0.1, -0.05) is 0 Å². The zero-order chi connectivity index (χ0) is 12.5. The van der Waals surface area contributed by atoms with Gasteiger partial charge in [-0.3, -0.25) is 4.79 Å². The molecule has 2 rings (SSSR count). The maximum atomic E-state index is 11.6. The molecule has 0 spiro atoms. The first-order valence-electron chi connectivity index (χ1n) is 5.26. The molecule has 0 aliphatic carbocycles. The van der Waals surface area contributed by atoms with Gasteiger partial charge in [-0.15, -0.1) is 0 Å². The predicted octanol–water partition coefficient (Wildman–Crippen LogP) is 0.0433. The summed E-state index contributed by atoms with van der Waals surface area (Å²) in [6.45, 7) is 0.771. The third-order valence-electron chi connectivity index (χ3n) is 2.70. The van der Waals surface area contributed by atoms with E-state index in [2.05, 4.69) is 5.32 Å². The van der Waals surface area contributed by atoms with E-state index in [0.29, 0.717) is 19.5 Å². The van der Waals surface area contributed by atoms with Crippen molar-refractivity contribution in [1.82, 2.24) is 9.62 Å². The van der Waals surface area contributed by atoms with Gasteiger partial charge < -0.3 is 9.73 Å². The Hall–Kier alpha value is -1.34. The standard InChI is InChI=1S/C10H14N2O4S/c1-17(14,15)12-5-4-8(7-12)11-10(13)9-3-2-6-16-9/h2-3,6,8H,4-5,7H2,1H3,(H,11,13). The van der Waals surface area contributed by atoms with Crippen LogP contribution < -0.4 is 5.32 Å². The van der Waals surface area contributed by atoms with Crippen molar-refractivity contribution < 1.29 is 17.6 Å². The highest BCUT2D eigenvalue weighted by molar-refractivity contribution is 7.88. The second kappa shape index (κ2) is 4.50. The fourth-order valence-electron chi connectivity index (χ4n) is 1.81. The van der Waals surface area contributed by atoms with E-state index in [1.54, 1.807) is 12.1 Å². The SMILES string of the molecule is CS(=O)(=O)N1CCC(NC(=O)c2ccco2)C1. The number of hydrogen-bond acceptors (Lipinski definition) is 4. The van der Waals surface area contributed by atoms with Gasteiger partial charge in [-0.25, -0.2) is 12.7 Å². The summed E-state index contributed by atoms with van der Waals surface area (Å²) in [5.41, 5.74) is 0. The van der Waals surface area contributed by atoms with Gasteiger partial charge in [-0.2, -0.15) is 0 Å². The van der Waals surface area contributed by atoms with E-state index in [4.69, 9.17) is 4.42 Å². The van der Waals surface area contributed by atoms with Crippen molar-refractivity contribution >= 4 is 15.9 Å². The minimum Gasteiger partial charge on any atom is -0.459 e. The molecule has 0 saturated carbocycles. The molecule has 1 aromatic heterocycles. The Kier molecular flexibility index (Phi) is 3.21. The summed E-state index contributed by atoms with van der Waals surface area (Å²) in [5.74, 6) is -0.0712. The molecule has 0 bridgehead atoms. The van der Waals surface area contributed by atoms with Gasteiger partial charge >= 0.3 is 0 Å². The average Bonchev–Trinajstić information content (AvgIpc) is 2.85. The molecule has 1 aliphatic rings. The Bertz CT molecular complexity index is 494. The highest BCUT2D eigenvalue weighted by atomic mass is 32.2. The maximum Gasteiger partial charge on any atom is 0.287 e. The van der Waals surface area contributed by atoms with Gasteiger partial charge in [0, 0.05) is 19.1 Å². The highest BCUT2D eigenvalue weighted by Crippen LogP contribution is 2.13. The zero-order valence-corrected chi connectivity index (χ0v) is 10.2. The molecule has 0 radical (unpaired) electrons. The number of sulfonamides is 1. The Balaban J connectivity index is 1.93.